The highest BCUT2D eigenvalue weighted by atomic mass is 31.2. The van der Waals surface area contributed by atoms with E-state index in [0.29, 0.717) is 13.2 Å². The summed E-state index contributed by atoms with van der Waals surface area (Å²) in [6.07, 6.45) is 20.2. The van der Waals surface area contributed by atoms with Gasteiger partial charge in [-0.05, 0) is 31.9 Å². The van der Waals surface area contributed by atoms with Gasteiger partial charge in [0.2, 0.25) is 0 Å². The van der Waals surface area contributed by atoms with Crippen LogP contribution in [0.1, 0.15) is 122 Å². The molecule has 0 aliphatic rings. The Labute approximate surface area is 193 Å². The van der Waals surface area contributed by atoms with E-state index in [1.807, 2.05) is 24.3 Å². The summed E-state index contributed by atoms with van der Waals surface area (Å²) in [6, 6.07) is 7.98. The van der Waals surface area contributed by atoms with E-state index in [1.54, 1.807) is 0 Å². The van der Waals surface area contributed by atoms with Gasteiger partial charge in [-0.2, -0.15) is 13.9 Å². The highest BCUT2D eigenvalue weighted by Gasteiger charge is 2.43. The van der Waals surface area contributed by atoms with Crippen molar-refractivity contribution in [2.24, 2.45) is 0 Å². The minimum absolute atomic E-state index is 0.574. The molecule has 0 saturated carbocycles. The molecule has 1 rings (SSSR count). The maximum atomic E-state index is 11.2. The fraction of sp³-hybridized carbons (Fsp3) is 0.778. The molecule has 3 nitrogen and oxygen atoms in total. The predicted molar refractivity (Wildman–Crippen MR) is 137 cm³/mol. The van der Waals surface area contributed by atoms with Gasteiger partial charge in [0.05, 0.1) is 13.2 Å². The molecule has 0 bridgehead atoms. The quantitative estimate of drug-likeness (QED) is 0.149. The summed E-state index contributed by atoms with van der Waals surface area (Å²) in [5.41, 5.74) is 1.18. The van der Waals surface area contributed by atoms with Gasteiger partial charge in [0, 0.05) is 0 Å². The lowest BCUT2D eigenvalue weighted by molar-refractivity contribution is 0.179. The molecule has 0 atom stereocenters. The topological polar surface area (TPSA) is 38.7 Å². The molecule has 0 radical (unpaired) electrons. The van der Waals surface area contributed by atoms with Crippen molar-refractivity contribution in [1.29, 1.82) is 0 Å². The molecule has 31 heavy (non-hydrogen) atoms. The van der Waals surface area contributed by atoms with E-state index in [1.165, 1.54) is 82.6 Å². The molecule has 1 aromatic carbocycles. The van der Waals surface area contributed by atoms with E-state index in [9.17, 15) is 4.89 Å². The van der Waals surface area contributed by atoms with Crippen molar-refractivity contribution in [3.05, 3.63) is 29.8 Å². The third-order valence-corrected chi connectivity index (χ3v) is 7.90. The lowest BCUT2D eigenvalue weighted by Gasteiger charge is -2.17. The summed E-state index contributed by atoms with van der Waals surface area (Å²) >= 11 is 0. The van der Waals surface area contributed by atoms with Crippen LogP contribution < -0.4 is 5.30 Å². The van der Waals surface area contributed by atoms with Gasteiger partial charge < -0.3 is 0 Å². The van der Waals surface area contributed by atoms with Crippen LogP contribution in [0.25, 0.3) is 0 Å². The Balaban J connectivity index is 2.32. The molecule has 0 aliphatic carbocycles. The second-order valence-electron chi connectivity index (χ2n) is 8.97. The predicted octanol–water partition coefficient (Wildman–Crippen LogP) is 8.69. The largest absolute Gasteiger partial charge is 0.446 e. The number of rotatable bonds is 21. The summed E-state index contributed by atoms with van der Waals surface area (Å²) in [6.45, 7) is 7.72. The van der Waals surface area contributed by atoms with Gasteiger partial charge in [-0.15, -0.1) is 0 Å². The number of benzene rings is 1. The van der Waals surface area contributed by atoms with Crippen LogP contribution in [0.15, 0.2) is 24.3 Å². The Morgan fingerprint density at radius 1 is 0.581 bits per heavy atom. The van der Waals surface area contributed by atoms with Gasteiger partial charge in [0.15, 0.2) is 5.30 Å². The van der Waals surface area contributed by atoms with Crippen molar-refractivity contribution in [2.45, 2.75) is 124 Å². The van der Waals surface area contributed by atoms with Crippen LogP contribution in [0.2, 0.25) is 0 Å². The molecule has 0 saturated heterocycles. The summed E-state index contributed by atoms with van der Waals surface area (Å²) in [5, 5.41) is 0.803. The van der Waals surface area contributed by atoms with Gasteiger partial charge in [-0.25, -0.2) is 0 Å². The van der Waals surface area contributed by atoms with Crippen molar-refractivity contribution in [3.63, 3.8) is 0 Å². The highest BCUT2D eigenvalue weighted by Crippen LogP contribution is 2.55. The van der Waals surface area contributed by atoms with Crippen LogP contribution in [0, 0.1) is 6.92 Å². The molecule has 0 unspecified atom stereocenters. The number of hydrogen-bond acceptors (Lipinski definition) is 3. The van der Waals surface area contributed by atoms with Crippen molar-refractivity contribution >= 4 is 13.2 Å². The summed E-state index contributed by atoms with van der Waals surface area (Å²) in [7, 11) is -2.98. The maximum absolute atomic E-state index is 11.2. The molecular formula is C27H50O3P+. The molecule has 0 aliphatic heterocycles. The van der Waals surface area contributed by atoms with Crippen molar-refractivity contribution in [3.8, 4) is 0 Å². The Morgan fingerprint density at radius 3 is 1.32 bits per heavy atom. The Hall–Kier alpha value is -0.470. The van der Waals surface area contributed by atoms with Gasteiger partial charge in [-0.1, -0.05) is 121 Å². The fourth-order valence-corrected chi connectivity index (χ4v) is 5.42. The molecule has 4 heteroatoms. The van der Waals surface area contributed by atoms with Gasteiger partial charge in [0.1, 0.15) is 0 Å². The van der Waals surface area contributed by atoms with E-state index < -0.39 is 7.94 Å². The SMILES string of the molecule is CCCCCCCCCCO[P+](O)(OCCCCCCCCCC)c1ccc(C)cc1. The zero-order valence-corrected chi connectivity index (χ0v) is 21.6. The van der Waals surface area contributed by atoms with Crippen LogP contribution >= 0.6 is 7.94 Å². The highest BCUT2D eigenvalue weighted by molar-refractivity contribution is 7.68. The van der Waals surface area contributed by atoms with Crippen molar-refractivity contribution in [1.82, 2.24) is 0 Å². The third kappa shape index (κ3) is 14.3. The second-order valence-corrected chi connectivity index (χ2v) is 11.0. The van der Waals surface area contributed by atoms with Crippen LogP contribution in [0.3, 0.4) is 0 Å². The molecule has 1 aromatic rings. The third-order valence-electron chi connectivity index (χ3n) is 5.89. The first-order valence-electron chi connectivity index (χ1n) is 13.1. The number of hydrogen-bond donors (Lipinski definition) is 1. The standard InChI is InChI=1S/C27H50O3P/c1-4-6-8-10-12-14-16-18-24-29-31(28,27-22-20-26(3)21-23-27)30-25-19-17-15-13-11-9-7-5-2/h20-23,28H,4-19,24-25H2,1-3H3/q+1. The monoisotopic (exact) mass is 453 g/mol. The second kappa shape index (κ2) is 19.0. The molecular weight excluding hydrogens is 403 g/mol. The maximum Gasteiger partial charge on any atom is 0.446 e. The van der Waals surface area contributed by atoms with Crippen LogP contribution in [0.4, 0.5) is 0 Å². The van der Waals surface area contributed by atoms with Gasteiger partial charge >= 0.3 is 7.94 Å². The normalized spacial score (nSPS) is 11.9. The fourth-order valence-electron chi connectivity index (χ4n) is 3.77. The van der Waals surface area contributed by atoms with Crippen LogP contribution in [-0.4, -0.2) is 18.1 Å². The average molecular weight is 454 g/mol. The van der Waals surface area contributed by atoms with Gasteiger partial charge in [-0.3, -0.25) is 0 Å². The van der Waals surface area contributed by atoms with Crippen molar-refractivity contribution < 1.29 is 13.9 Å². The summed E-state index contributed by atoms with van der Waals surface area (Å²) in [5.74, 6) is 0. The van der Waals surface area contributed by atoms with E-state index in [-0.39, 0.29) is 0 Å². The van der Waals surface area contributed by atoms with Crippen LogP contribution in [0.5, 0.6) is 0 Å². The van der Waals surface area contributed by atoms with E-state index >= 15 is 0 Å². The lowest BCUT2D eigenvalue weighted by atomic mass is 10.1. The first-order chi connectivity index (χ1) is 15.1. The van der Waals surface area contributed by atoms with Gasteiger partial charge in [0.25, 0.3) is 0 Å². The number of aryl methyl sites for hydroxylation is 1. The average Bonchev–Trinajstić information content (AvgIpc) is 2.77. The molecule has 0 amide bonds. The Bertz CT molecular complexity index is 496. The molecule has 0 aromatic heterocycles. The Kier molecular flexibility index (Phi) is 17.5. The van der Waals surface area contributed by atoms with Crippen molar-refractivity contribution in [2.75, 3.05) is 13.2 Å². The lowest BCUT2D eigenvalue weighted by Crippen LogP contribution is -2.17. The number of unbranched alkanes of at least 4 members (excludes halogenated alkanes) is 14. The minimum atomic E-state index is -2.98. The zero-order chi connectivity index (χ0) is 22.6. The minimum Gasteiger partial charge on any atom is -0.188 e. The van der Waals surface area contributed by atoms with E-state index in [2.05, 4.69) is 20.8 Å². The zero-order valence-electron chi connectivity index (χ0n) is 20.7. The van der Waals surface area contributed by atoms with E-state index in [4.69, 9.17) is 9.05 Å². The van der Waals surface area contributed by atoms with E-state index in [0.717, 1.165) is 31.0 Å². The molecule has 0 heterocycles. The molecule has 1 N–H and O–H groups in total. The van der Waals surface area contributed by atoms with Crippen LogP contribution in [-0.2, 0) is 9.05 Å². The summed E-state index contributed by atoms with van der Waals surface area (Å²) in [4.78, 5) is 11.2. The first kappa shape index (κ1) is 28.6. The molecule has 0 spiro atoms. The molecule has 0 fully saturated rings. The Morgan fingerprint density at radius 2 is 0.935 bits per heavy atom. The summed E-state index contributed by atoms with van der Waals surface area (Å²) < 4.78 is 12.0. The smallest absolute Gasteiger partial charge is 0.188 e. The molecule has 180 valence electrons. The first-order valence-corrected chi connectivity index (χ1v) is 14.7.